The molecule has 2 aliphatic rings. The van der Waals surface area contributed by atoms with E-state index in [0.29, 0.717) is 24.8 Å². The first-order valence-corrected chi connectivity index (χ1v) is 8.39. The third kappa shape index (κ3) is 5.65. The highest BCUT2D eigenvalue weighted by molar-refractivity contribution is 5.87. The molecule has 0 spiro atoms. The molecule has 0 aromatic carbocycles. The van der Waals surface area contributed by atoms with Crippen LogP contribution in [0.1, 0.15) is 58.3 Å². The van der Waals surface area contributed by atoms with Crippen LogP contribution >= 0.6 is 0 Å². The summed E-state index contributed by atoms with van der Waals surface area (Å²) in [6.45, 7) is 2.24. The van der Waals surface area contributed by atoms with Crippen LogP contribution in [0.5, 0.6) is 0 Å². The molecule has 0 aromatic rings. The van der Waals surface area contributed by atoms with Crippen LogP contribution in [0, 0.1) is 11.8 Å². The van der Waals surface area contributed by atoms with E-state index in [-0.39, 0.29) is 17.9 Å². The highest BCUT2D eigenvalue weighted by atomic mass is 16.2. The second-order valence-corrected chi connectivity index (χ2v) is 6.74. The fourth-order valence-corrected chi connectivity index (χ4v) is 3.08. The minimum atomic E-state index is -0.479. The predicted molar refractivity (Wildman–Crippen MR) is 82.5 cm³/mol. The zero-order valence-corrected chi connectivity index (χ0v) is 13.1. The van der Waals surface area contributed by atoms with E-state index in [1.807, 2.05) is 0 Å². The number of rotatable bonds is 7. The number of hydrogen-bond acceptors (Lipinski definition) is 3. The number of carbonyl (C=O) groups is 2. The van der Waals surface area contributed by atoms with Gasteiger partial charge in [0.05, 0.1) is 0 Å². The van der Waals surface area contributed by atoms with Crippen LogP contribution in [0.4, 0.5) is 0 Å². The fraction of sp³-hybridized carbons (Fsp3) is 0.875. The average Bonchev–Trinajstić information content (AvgIpc) is 3.29. The Hall–Kier alpha value is -1.10. The van der Waals surface area contributed by atoms with Gasteiger partial charge in [-0.25, -0.2) is 0 Å². The van der Waals surface area contributed by atoms with Crippen LogP contribution < -0.4 is 16.4 Å². The highest BCUT2D eigenvalue weighted by Crippen LogP contribution is 2.31. The molecular weight excluding hydrogens is 266 g/mol. The number of nitrogens with one attached hydrogen (secondary N) is 2. The van der Waals surface area contributed by atoms with Gasteiger partial charge in [-0.05, 0) is 44.4 Å². The summed E-state index contributed by atoms with van der Waals surface area (Å²) in [4.78, 5) is 23.9. The first-order valence-electron chi connectivity index (χ1n) is 8.39. The second-order valence-electron chi connectivity index (χ2n) is 6.74. The van der Waals surface area contributed by atoms with Gasteiger partial charge in [-0.1, -0.05) is 19.3 Å². The molecule has 0 aromatic heterocycles. The maximum Gasteiger partial charge on any atom is 0.242 e. The summed E-state index contributed by atoms with van der Waals surface area (Å²) >= 11 is 0. The zero-order valence-electron chi connectivity index (χ0n) is 13.1. The maximum absolute atomic E-state index is 12.0. The summed E-state index contributed by atoms with van der Waals surface area (Å²) < 4.78 is 0. The molecule has 2 unspecified atom stereocenters. The van der Waals surface area contributed by atoms with Crippen LogP contribution in [0.25, 0.3) is 0 Å². The minimum Gasteiger partial charge on any atom is -0.353 e. The lowest BCUT2D eigenvalue weighted by Gasteiger charge is -2.22. The Balaban J connectivity index is 1.63. The topological polar surface area (TPSA) is 84.2 Å². The molecule has 21 heavy (non-hydrogen) atoms. The average molecular weight is 295 g/mol. The zero-order chi connectivity index (χ0) is 15.2. The van der Waals surface area contributed by atoms with Gasteiger partial charge in [-0.3, -0.25) is 9.59 Å². The Labute approximate surface area is 127 Å². The van der Waals surface area contributed by atoms with E-state index in [0.717, 1.165) is 12.8 Å². The molecule has 0 bridgehead atoms. The molecule has 2 atom stereocenters. The van der Waals surface area contributed by atoms with Crippen molar-refractivity contribution in [1.29, 1.82) is 0 Å². The van der Waals surface area contributed by atoms with E-state index in [1.165, 1.54) is 32.1 Å². The summed E-state index contributed by atoms with van der Waals surface area (Å²) in [6.07, 6.45) is 8.93. The van der Waals surface area contributed by atoms with Crippen molar-refractivity contribution in [2.24, 2.45) is 17.6 Å². The Kier molecular flexibility index (Phi) is 6.03. The second kappa shape index (κ2) is 7.78. The first-order chi connectivity index (χ1) is 10.1. The normalized spacial score (nSPS) is 22.4. The smallest absolute Gasteiger partial charge is 0.242 e. The summed E-state index contributed by atoms with van der Waals surface area (Å²) in [7, 11) is 0. The number of hydrogen-bond donors (Lipinski definition) is 3. The van der Waals surface area contributed by atoms with Crippen LogP contribution in [0.3, 0.4) is 0 Å². The van der Waals surface area contributed by atoms with Gasteiger partial charge in [0.25, 0.3) is 0 Å². The van der Waals surface area contributed by atoms with Crippen molar-refractivity contribution in [2.45, 2.75) is 70.4 Å². The van der Waals surface area contributed by atoms with Gasteiger partial charge in [0.15, 0.2) is 0 Å². The van der Waals surface area contributed by atoms with Gasteiger partial charge in [0.2, 0.25) is 11.8 Å². The quantitative estimate of drug-likeness (QED) is 0.662. The lowest BCUT2D eigenvalue weighted by atomic mass is 9.87. The van der Waals surface area contributed by atoms with Crippen molar-refractivity contribution < 1.29 is 9.59 Å². The molecule has 4 N–H and O–H groups in total. The standard InChI is InChI=1S/C16H29N3O2/c1-11(16(21)18-10-14(17)13-7-8-13)19-15(20)9-12-5-3-2-4-6-12/h11-14H,2-10,17H2,1H3,(H,18,21)(H,19,20). The predicted octanol–water partition coefficient (Wildman–Crippen LogP) is 1.32. The van der Waals surface area contributed by atoms with E-state index in [2.05, 4.69) is 10.6 Å². The van der Waals surface area contributed by atoms with Crippen molar-refractivity contribution in [3.05, 3.63) is 0 Å². The minimum absolute atomic E-state index is 0.00367. The molecule has 0 radical (unpaired) electrons. The molecule has 2 rings (SSSR count). The Morgan fingerprint density at radius 2 is 1.81 bits per heavy atom. The summed E-state index contributed by atoms with van der Waals surface area (Å²) in [5, 5.41) is 5.64. The summed E-state index contributed by atoms with van der Waals surface area (Å²) in [6, 6.07) is -0.424. The number of amides is 2. The lowest BCUT2D eigenvalue weighted by Crippen LogP contribution is -2.48. The van der Waals surface area contributed by atoms with Crippen molar-refractivity contribution in [3.63, 3.8) is 0 Å². The third-order valence-corrected chi connectivity index (χ3v) is 4.71. The monoisotopic (exact) mass is 295 g/mol. The van der Waals surface area contributed by atoms with Gasteiger partial charge in [0, 0.05) is 19.0 Å². The number of nitrogens with two attached hydrogens (primary N) is 1. The van der Waals surface area contributed by atoms with E-state index in [1.54, 1.807) is 6.92 Å². The van der Waals surface area contributed by atoms with Gasteiger partial charge < -0.3 is 16.4 Å². The Morgan fingerprint density at radius 3 is 2.43 bits per heavy atom. The molecular formula is C16H29N3O2. The van der Waals surface area contributed by atoms with Crippen LogP contribution in [0.2, 0.25) is 0 Å². The molecule has 2 fully saturated rings. The van der Waals surface area contributed by atoms with E-state index in [4.69, 9.17) is 5.73 Å². The van der Waals surface area contributed by atoms with Gasteiger partial charge in [0.1, 0.15) is 6.04 Å². The molecule has 0 heterocycles. The molecule has 5 heteroatoms. The number of carbonyl (C=O) groups excluding carboxylic acids is 2. The Bertz CT molecular complexity index is 363. The van der Waals surface area contributed by atoms with Crippen molar-refractivity contribution in [2.75, 3.05) is 6.54 Å². The summed E-state index contributed by atoms with van der Waals surface area (Å²) in [5.74, 6) is 0.929. The van der Waals surface area contributed by atoms with Crippen LogP contribution in [-0.4, -0.2) is 30.4 Å². The Morgan fingerprint density at radius 1 is 1.14 bits per heavy atom. The fourth-order valence-electron chi connectivity index (χ4n) is 3.08. The van der Waals surface area contributed by atoms with Crippen molar-refractivity contribution >= 4 is 11.8 Å². The molecule has 2 amide bonds. The molecule has 120 valence electrons. The molecule has 5 nitrogen and oxygen atoms in total. The van der Waals surface area contributed by atoms with Crippen molar-refractivity contribution in [1.82, 2.24) is 10.6 Å². The van der Waals surface area contributed by atoms with Gasteiger partial charge in [-0.2, -0.15) is 0 Å². The van der Waals surface area contributed by atoms with Crippen molar-refractivity contribution in [3.8, 4) is 0 Å². The summed E-state index contributed by atoms with van der Waals surface area (Å²) in [5.41, 5.74) is 5.95. The SMILES string of the molecule is CC(NC(=O)CC1CCCCC1)C(=O)NCC(N)C1CC1. The van der Waals surface area contributed by atoms with E-state index < -0.39 is 6.04 Å². The molecule has 0 saturated heterocycles. The molecule has 2 aliphatic carbocycles. The van der Waals surface area contributed by atoms with E-state index >= 15 is 0 Å². The third-order valence-electron chi connectivity index (χ3n) is 4.71. The lowest BCUT2D eigenvalue weighted by molar-refractivity contribution is -0.129. The molecule has 2 saturated carbocycles. The first kappa shape index (κ1) is 16.3. The highest BCUT2D eigenvalue weighted by Gasteiger charge is 2.29. The van der Waals surface area contributed by atoms with Crippen LogP contribution in [-0.2, 0) is 9.59 Å². The van der Waals surface area contributed by atoms with E-state index in [9.17, 15) is 9.59 Å². The molecule has 0 aliphatic heterocycles. The maximum atomic E-state index is 12.0. The van der Waals surface area contributed by atoms with Gasteiger partial charge in [-0.15, -0.1) is 0 Å². The van der Waals surface area contributed by atoms with Crippen LogP contribution in [0.15, 0.2) is 0 Å². The van der Waals surface area contributed by atoms with Gasteiger partial charge >= 0.3 is 0 Å². The largest absolute Gasteiger partial charge is 0.353 e.